The fourth-order valence-electron chi connectivity index (χ4n) is 5.63. The molecule has 4 rings (SSSR count). The van der Waals surface area contributed by atoms with Crippen LogP contribution in [0.5, 0.6) is 11.5 Å². The molecule has 144 valence electrons. The summed E-state index contributed by atoms with van der Waals surface area (Å²) in [5.74, 6) is 2.67. The summed E-state index contributed by atoms with van der Waals surface area (Å²) in [6.07, 6.45) is 9.90. The van der Waals surface area contributed by atoms with E-state index in [1.165, 1.54) is 70.1 Å². The van der Waals surface area contributed by atoms with Gasteiger partial charge in [-0.3, -0.25) is 9.80 Å². The molecular weight excluding hydrogens is 324 g/mol. The molecule has 2 saturated heterocycles. The second-order valence-corrected chi connectivity index (χ2v) is 8.33. The van der Waals surface area contributed by atoms with Crippen molar-refractivity contribution in [2.24, 2.45) is 5.92 Å². The van der Waals surface area contributed by atoms with Gasteiger partial charge in [0.05, 0.1) is 14.2 Å². The Bertz CT molecular complexity index is 578. The van der Waals surface area contributed by atoms with Crippen LogP contribution in [0.3, 0.4) is 0 Å². The molecule has 0 spiro atoms. The highest BCUT2D eigenvalue weighted by Gasteiger charge is 2.42. The van der Waals surface area contributed by atoms with Crippen LogP contribution in [0.25, 0.3) is 0 Å². The van der Waals surface area contributed by atoms with Gasteiger partial charge in [0.1, 0.15) is 11.5 Å². The van der Waals surface area contributed by atoms with Crippen molar-refractivity contribution >= 4 is 0 Å². The van der Waals surface area contributed by atoms with E-state index in [0.717, 1.165) is 36.0 Å². The molecular formula is C22H34N2O2. The number of fused-ring (bicyclic) bond motifs is 1. The first-order chi connectivity index (χ1) is 12.8. The number of hydrogen-bond acceptors (Lipinski definition) is 4. The summed E-state index contributed by atoms with van der Waals surface area (Å²) in [5.41, 5.74) is 1.31. The van der Waals surface area contributed by atoms with Crippen molar-refractivity contribution in [1.82, 2.24) is 9.80 Å². The highest BCUT2D eigenvalue weighted by molar-refractivity contribution is 5.38. The monoisotopic (exact) mass is 358 g/mol. The third kappa shape index (κ3) is 3.72. The zero-order valence-electron chi connectivity index (χ0n) is 16.5. The smallest absolute Gasteiger partial charge is 0.122 e. The van der Waals surface area contributed by atoms with Gasteiger partial charge in [-0.15, -0.1) is 0 Å². The van der Waals surface area contributed by atoms with Crippen LogP contribution < -0.4 is 9.47 Å². The van der Waals surface area contributed by atoms with E-state index >= 15 is 0 Å². The summed E-state index contributed by atoms with van der Waals surface area (Å²) < 4.78 is 11.0. The Kier molecular flexibility index (Phi) is 5.70. The molecule has 26 heavy (non-hydrogen) atoms. The number of piperazine rings is 1. The summed E-state index contributed by atoms with van der Waals surface area (Å²) in [5, 5.41) is 0. The Balaban J connectivity index is 1.57. The molecule has 4 heteroatoms. The standard InChI is InChI=1S/C22H34N2O2/c1-25-19-13-17(14-20(15-19)26-2)16-24-12-11-23-10-6-9-21(23)22(24)18-7-4-3-5-8-18/h13-15,18,21-22H,3-12,16H2,1-2H3/t21-,22+/m1/s1. The van der Waals surface area contributed by atoms with Gasteiger partial charge in [-0.2, -0.15) is 0 Å². The van der Waals surface area contributed by atoms with E-state index in [4.69, 9.17) is 9.47 Å². The molecule has 3 fully saturated rings. The van der Waals surface area contributed by atoms with Crippen molar-refractivity contribution in [2.75, 3.05) is 33.9 Å². The van der Waals surface area contributed by atoms with Crippen LogP contribution in [0.15, 0.2) is 18.2 Å². The Hall–Kier alpha value is -1.26. The van der Waals surface area contributed by atoms with E-state index in [1.807, 2.05) is 6.07 Å². The van der Waals surface area contributed by atoms with Crippen LogP contribution in [0, 0.1) is 5.92 Å². The minimum Gasteiger partial charge on any atom is -0.497 e. The second kappa shape index (κ2) is 8.18. The molecule has 0 radical (unpaired) electrons. The van der Waals surface area contributed by atoms with Gasteiger partial charge in [0, 0.05) is 37.8 Å². The quantitative estimate of drug-likeness (QED) is 0.796. The fourth-order valence-corrected chi connectivity index (χ4v) is 5.63. The van der Waals surface area contributed by atoms with Gasteiger partial charge in [0.15, 0.2) is 0 Å². The fraction of sp³-hybridized carbons (Fsp3) is 0.727. The number of hydrogen-bond donors (Lipinski definition) is 0. The lowest BCUT2D eigenvalue weighted by Gasteiger charge is -2.49. The zero-order chi connectivity index (χ0) is 17.9. The Labute approximate surface area is 158 Å². The molecule has 0 N–H and O–H groups in total. The van der Waals surface area contributed by atoms with Crippen LogP contribution in [0.4, 0.5) is 0 Å². The van der Waals surface area contributed by atoms with Crippen molar-refractivity contribution in [1.29, 1.82) is 0 Å². The molecule has 4 nitrogen and oxygen atoms in total. The van der Waals surface area contributed by atoms with Crippen LogP contribution in [-0.4, -0.2) is 55.7 Å². The summed E-state index contributed by atoms with van der Waals surface area (Å²) in [6, 6.07) is 7.84. The van der Waals surface area contributed by atoms with Crippen LogP contribution in [-0.2, 0) is 6.54 Å². The maximum Gasteiger partial charge on any atom is 0.122 e. The molecule has 0 bridgehead atoms. The molecule has 2 heterocycles. The lowest BCUT2D eigenvalue weighted by Crippen LogP contribution is -2.59. The van der Waals surface area contributed by atoms with Crippen molar-refractivity contribution in [3.63, 3.8) is 0 Å². The first-order valence-corrected chi connectivity index (χ1v) is 10.5. The molecule has 0 amide bonds. The number of rotatable bonds is 5. The maximum absolute atomic E-state index is 5.49. The van der Waals surface area contributed by atoms with Gasteiger partial charge in [-0.1, -0.05) is 19.3 Å². The van der Waals surface area contributed by atoms with Gasteiger partial charge < -0.3 is 9.47 Å². The second-order valence-electron chi connectivity index (χ2n) is 8.33. The summed E-state index contributed by atoms with van der Waals surface area (Å²) in [4.78, 5) is 5.57. The van der Waals surface area contributed by atoms with E-state index in [1.54, 1.807) is 14.2 Å². The predicted octanol–water partition coefficient (Wildman–Crippen LogP) is 3.93. The van der Waals surface area contributed by atoms with Crippen molar-refractivity contribution in [2.45, 2.75) is 63.6 Å². The number of methoxy groups -OCH3 is 2. The molecule has 1 aliphatic carbocycles. The van der Waals surface area contributed by atoms with Gasteiger partial charge in [-0.05, 0) is 55.8 Å². The molecule has 1 aromatic carbocycles. The lowest BCUT2D eigenvalue weighted by atomic mass is 9.78. The Morgan fingerprint density at radius 1 is 0.846 bits per heavy atom. The average Bonchev–Trinajstić information content (AvgIpc) is 3.17. The van der Waals surface area contributed by atoms with Crippen molar-refractivity contribution in [3.05, 3.63) is 23.8 Å². The van der Waals surface area contributed by atoms with Gasteiger partial charge in [0.25, 0.3) is 0 Å². The molecule has 1 aromatic rings. The normalized spacial score (nSPS) is 28.1. The van der Waals surface area contributed by atoms with E-state index in [-0.39, 0.29) is 0 Å². The first kappa shape index (κ1) is 18.1. The van der Waals surface area contributed by atoms with E-state index in [0.29, 0.717) is 0 Å². The van der Waals surface area contributed by atoms with E-state index < -0.39 is 0 Å². The number of benzene rings is 1. The van der Waals surface area contributed by atoms with Crippen LogP contribution >= 0.6 is 0 Å². The van der Waals surface area contributed by atoms with Crippen LogP contribution in [0.1, 0.15) is 50.5 Å². The Morgan fingerprint density at radius 2 is 1.58 bits per heavy atom. The summed E-state index contributed by atoms with van der Waals surface area (Å²) >= 11 is 0. The third-order valence-corrected chi connectivity index (χ3v) is 6.83. The zero-order valence-corrected chi connectivity index (χ0v) is 16.5. The predicted molar refractivity (Wildman–Crippen MR) is 105 cm³/mol. The lowest BCUT2D eigenvalue weighted by molar-refractivity contribution is -0.00384. The minimum absolute atomic E-state index is 0.726. The summed E-state index contributed by atoms with van der Waals surface area (Å²) in [6.45, 7) is 4.75. The highest BCUT2D eigenvalue weighted by atomic mass is 16.5. The SMILES string of the molecule is COc1cc(CN2CCN3CCC[C@@H]3[C@@H]2C2CCCCC2)cc(OC)c1. The van der Waals surface area contributed by atoms with Crippen LogP contribution in [0.2, 0.25) is 0 Å². The highest BCUT2D eigenvalue weighted by Crippen LogP contribution is 2.38. The first-order valence-electron chi connectivity index (χ1n) is 10.5. The molecule has 0 aromatic heterocycles. The minimum atomic E-state index is 0.726. The topological polar surface area (TPSA) is 24.9 Å². The van der Waals surface area contributed by atoms with Gasteiger partial charge >= 0.3 is 0 Å². The molecule has 0 unspecified atom stereocenters. The van der Waals surface area contributed by atoms with E-state index in [9.17, 15) is 0 Å². The Morgan fingerprint density at radius 3 is 2.27 bits per heavy atom. The van der Waals surface area contributed by atoms with Gasteiger partial charge in [0.2, 0.25) is 0 Å². The van der Waals surface area contributed by atoms with Crippen molar-refractivity contribution < 1.29 is 9.47 Å². The molecule has 3 aliphatic rings. The third-order valence-electron chi connectivity index (χ3n) is 6.83. The molecule has 2 aliphatic heterocycles. The average molecular weight is 359 g/mol. The number of ether oxygens (including phenoxy) is 2. The number of nitrogens with zero attached hydrogens (tertiary/aromatic N) is 2. The molecule has 2 atom stereocenters. The maximum atomic E-state index is 5.49. The molecule has 1 saturated carbocycles. The van der Waals surface area contributed by atoms with Crippen molar-refractivity contribution in [3.8, 4) is 11.5 Å². The van der Waals surface area contributed by atoms with Gasteiger partial charge in [-0.25, -0.2) is 0 Å². The summed E-state index contributed by atoms with van der Waals surface area (Å²) in [7, 11) is 3.47. The van der Waals surface area contributed by atoms with E-state index in [2.05, 4.69) is 21.9 Å². The largest absolute Gasteiger partial charge is 0.497 e.